The van der Waals surface area contributed by atoms with Crippen LogP contribution in [0.4, 0.5) is 0 Å². The normalized spacial score (nSPS) is 12.4. The molecule has 0 bridgehead atoms. The van der Waals surface area contributed by atoms with Crippen molar-refractivity contribution in [3.05, 3.63) is 12.7 Å². The molecule has 0 heterocycles. The predicted molar refractivity (Wildman–Crippen MR) is 58.1 cm³/mol. The summed E-state index contributed by atoms with van der Waals surface area (Å²) in [6.07, 6.45) is 9.16. The Morgan fingerprint density at radius 2 is 1.86 bits per heavy atom. The number of nitrogens with two attached hydrogens (primary N) is 1. The maximum atomic E-state index is 10.4. The van der Waals surface area contributed by atoms with Gasteiger partial charge in [-0.15, -0.1) is 6.58 Å². The summed E-state index contributed by atoms with van der Waals surface area (Å²) in [7, 11) is 0. The Morgan fingerprint density at radius 1 is 1.29 bits per heavy atom. The summed E-state index contributed by atoms with van der Waals surface area (Å²) < 4.78 is 0. The van der Waals surface area contributed by atoms with Crippen LogP contribution in [-0.2, 0) is 4.79 Å². The quantitative estimate of drug-likeness (QED) is 0.442. The van der Waals surface area contributed by atoms with Gasteiger partial charge in [-0.05, 0) is 19.3 Å². The monoisotopic (exact) mass is 199 g/mol. The summed E-state index contributed by atoms with van der Waals surface area (Å²) in [4.78, 5) is 10.4. The van der Waals surface area contributed by atoms with E-state index in [1.54, 1.807) is 0 Å². The number of carboxylic acid groups (broad SMARTS) is 1. The van der Waals surface area contributed by atoms with E-state index in [1.807, 2.05) is 6.08 Å². The van der Waals surface area contributed by atoms with E-state index in [4.69, 9.17) is 10.8 Å². The maximum absolute atomic E-state index is 10.4. The first kappa shape index (κ1) is 13.2. The molecule has 0 aliphatic rings. The highest BCUT2D eigenvalue weighted by molar-refractivity contribution is 5.72. The number of hydrogen-bond donors (Lipinski definition) is 2. The van der Waals surface area contributed by atoms with Gasteiger partial charge in [0.2, 0.25) is 0 Å². The molecule has 0 aromatic heterocycles. The van der Waals surface area contributed by atoms with Crippen molar-refractivity contribution in [2.45, 2.75) is 51.0 Å². The van der Waals surface area contributed by atoms with Crippen LogP contribution in [0.2, 0.25) is 0 Å². The number of aliphatic carboxylic acids is 1. The molecule has 3 heteroatoms. The molecule has 0 saturated heterocycles. The second-order valence-corrected chi connectivity index (χ2v) is 3.58. The number of unbranched alkanes of at least 4 members (excludes halogenated alkanes) is 5. The van der Waals surface area contributed by atoms with Crippen LogP contribution < -0.4 is 5.73 Å². The Labute approximate surface area is 86.0 Å². The summed E-state index contributed by atoms with van der Waals surface area (Å²) >= 11 is 0. The standard InChI is InChI=1S/C11H21NO2/c1-2-3-4-5-6-7-8-9-10(12)11(13)14/h2,10H,1,3-9,12H2,(H,13,14). The summed E-state index contributed by atoms with van der Waals surface area (Å²) in [5.74, 6) is -0.892. The van der Waals surface area contributed by atoms with Crippen molar-refractivity contribution >= 4 is 5.97 Å². The van der Waals surface area contributed by atoms with E-state index in [2.05, 4.69) is 6.58 Å². The first-order valence-electron chi connectivity index (χ1n) is 5.27. The third-order valence-corrected chi connectivity index (χ3v) is 2.24. The molecule has 14 heavy (non-hydrogen) atoms. The molecule has 0 saturated carbocycles. The van der Waals surface area contributed by atoms with E-state index in [1.165, 1.54) is 19.3 Å². The minimum absolute atomic E-state index is 0.594. The third-order valence-electron chi connectivity index (χ3n) is 2.24. The molecule has 0 aromatic rings. The van der Waals surface area contributed by atoms with E-state index in [9.17, 15) is 4.79 Å². The van der Waals surface area contributed by atoms with Crippen LogP contribution in [0.5, 0.6) is 0 Å². The first-order chi connectivity index (χ1) is 6.68. The predicted octanol–water partition coefficient (Wildman–Crippen LogP) is 2.31. The molecule has 0 aromatic carbocycles. The largest absolute Gasteiger partial charge is 0.480 e. The summed E-state index contributed by atoms with van der Waals surface area (Å²) in [5, 5.41) is 8.52. The summed E-state index contributed by atoms with van der Waals surface area (Å²) in [5.41, 5.74) is 5.37. The smallest absolute Gasteiger partial charge is 0.320 e. The van der Waals surface area contributed by atoms with Crippen molar-refractivity contribution in [3.8, 4) is 0 Å². The fourth-order valence-corrected chi connectivity index (χ4v) is 1.31. The van der Waals surface area contributed by atoms with Crippen molar-refractivity contribution in [2.75, 3.05) is 0 Å². The van der Waals surface area contributed by atoms with Crippen LogP contribution in [0.25, 0.3) is 0 Å². The average molecular weight is 199 g/mol. The van der Waals surface area contributed by atoms with Gasteiger partial charge >= 0.3 is 5.97 Å². The van der Waals surface area contributed by atoms with Gasteiger partial charge in [0.05, 0.1) is 0 Å². The lowest BCUT2D eigenvalue weighted by Crippen LogP contribution is -2.29. The van der Waals surface area contributed by atoms with Gasteiger partial charge in [0, 0.05) is 0 Å². The molecule has 1 atom stereocenters. The van der Waals surface area contributed by atoms with Crippen LogP contribution in [0.1, 0.15) is 44.9 Å². The van der Waals surface area contributed by atoms with Crippen molar-refractivity contribution < 1.29 is 9.90 Å². The minimum atomic E-state index is -0.892. The fraction of sp³-hybridized carbons (Fsp3) is 0.727. The zero-order valence-corrected chi connectivity index (χ0v) is 8.74. The second-order valence-electron chi connectivity index (χ2n) is 3.58. The van der Waals surface area contributed by atoms with Crippen molar-refractivity contribution in [2.24, 2.45) is 5.73 Å². The first-order valence-corrected chi connectivity index (χ1v) is 5.27. The Balaban J connectivity index is 3.13. The molecule has 0 amide bonds. The molecule has 3 nitrogen and oxygen atoms in total. The van der Waals surface area contributed by atoms with Gasteiger partial charge in [-0.25, -0.2) is 0 Å². The molecule has 0 aliphatic carbocycles. The van der Waals surface area contributed by atoms with Crippen LogP contribution >= 0.6 is 0 Å². The van der Waals surface area contributed by atoms with Gasteiger partial charge in [0.15, 0.2) is 0 Å². The van der Waals surface area contributed by atoms with E-state index in [-0.39, 0.29) is 0 Å². The van der Waals surface area contributed by atoms with Crippen molar-refractivity contribution in [1.82, 2.24) is 0 Å². The molecule has 0 aliphatic heterocycles. The van der Waals surface area contributed by atoms with E-state index >= 15 is 0 Å². The van der Waals surface area contributed by atoms with Gasteiger partial charge in [-0.3, -0.25) is 4.79 Å². The van der Waals surface area contributed by atoms with Crippen LogP contribution in [0, 0.1) is 0 Å². The van der Waals surface area contributed by atoms with Crippen LogP contribution in [0.15, 0.2) is 12.7 Å². The molecule has 0 fully saturated rings. The van der Waals surface area contributed by atoms with Crippen molar-refractivity contribution in [3.63, 3.8) is 0 Å². The zero-order valence-electron chi connectivity index (χ0n) is 8.74. The lowest BCUT2D eigenvalue weighted by Gasteiger charge is -2.05. The third kappa shape index (κ3) is 7.80. The number of allylic oxidation sites excluding steroid dienone is 1. The molecule has 0 rings (SSSR count). The van der Waals surface area contributed by atoms with Crippen molar-refractivity contribution in [1.29, 1.82) is 0 Å². The molecular formula is C11H21NO2. The average Bonchev–Trinajstić information content (AvgIpc) is 2.16. The van der Waals surface area contributed by atoms with E-state index in [0.29, 0.717) is 6.42 Å². The molecular weight excluding hydrogens is 178 g/mol. The Hall–Kier alpha value is -0.830. The van der Waals surface area contributed by atoms with Gasteiger partial charge < -0.3 is 10.8 Å². The SMILES string of the molecule is C=CCCCCCCCC(N)C(=O)O. The Bertz CT molecular complexity index is 169. The highest BCUT2D eigenvalue weighted by Gasteiger charge is 2.09. The summed E-state index contributed by atoms with van der Waals surface area (Å²) in [6, 6.07) is -0.678. The molecule has 1 unspecified atom stereocenters. The highest BCUT2D eigenvalue weighted by Crippen LogP contribution is 2.08. The maximum Gasteiger partial charge on any atom is 0.320 e. The van der Waals surface area contributed by atoms with E-state index in [0.717, 1.165) is 19.3 Å². The molecule has 0 radical (unpaired) electrons. The zero-order chi connectivity index (χ0) is 10.8. The number of carbonyl (C=O) groups is 1. The van der Waals surface area contributed by atoms with Gasteiger partial charge in [0.1, 0.15) is 6.04 Å². The van der Waals surface area contributed by atoms with E-state index < -0.39 is 12.0 Å². The Morgan fingerprint density at radius 3 is 2.43 bits per heavy atom. The molecule has 0 spiro atoms. The lowest BCUT2D eigenvalue weighted by molar-refractivity contribution is -0.138. The number of hydrogen-bond acceptors (Lipinski definition) is 2. The lowest BCUT2D eigenvalue weighted by atomic mass is 10.1. The van der Waals surface area contributed by atoms with Gasteiger partial charge in [-0.2, -0.15) is 0 Å². The van der Waals surface area contributed by atoms with Crippen LogP contribution in [0.3, 0.4) is 0 Å². The second kappa shape index (κ2) is 8.75. The Kier molecular flexibility index (Phi) is 8.24. The summed E-state index contributed by atoms with van der Waals surface area (Å²) in [6.45, 7) is 3.66. The molecule has 82 valence electrons. The minimum Gasteiger partial charge on any atom is -0.480 e. The molecule has 3 N–H and O–H groups in total. The van der Waals surface area contributed by atoms with Gasteiger partial charge in [0.25, 0.3) is 0 Å². The number of carboxylic acids is 1. The van der Waals surface area contributed by atoms with Gasteiger partial charge in [-0.1, -0.05) is 31.8 Å². The topological polar surface area (TPSA) is 63.3 Å². The van der Waals surface area contributed by atoms with Crippen LogP contribution in [-0.4, -0.2) is 17.1 Å². The number of rotatable bonds is 9. The highest BCUT2D eigenvalue weighted by atomic mass is 16.4. The fourth-order valence-electron chi connectivity index (χ4n) is 1.31.